The molecule has 3 aliphatic rings. The Kier molecular flexibility index (Phi) is 3.59. The van der Waals surface area contributed by atoms with Crippen LogP contribution in [-0.2, 0) is 0 Å². The van der Waals surface area contributed by atoms with Crippen LogP contribution in [0.25, 0.3) is 0 Å². The summed E-state index contributed by atoms with van der Waals surface area (Å²) in [6, 6.07) is 0. The van der Waals surface area contributed by atoms with Crippen molar-refractivity contribution >= 4 is 28.6 Å². The SMILES string of the molecule is CC1CCC(C)(Br)CC1CC1CC2(CC(S)C2)C1. The smallest absolute Gasteiger partial charge is 0.0232 e. The standard InChI is InChI=1S/C16H27BrS/c1-11-3-4-15(2,17)8-13(11)5-12-6-16(7-12)9-14(18)10-16/h11-14,18H,3-10H2,1-2H3. The molecule has 3 aliphatic carbocycles. The molecule has 3 saturated carbocycles. The first-order valence-electron chi connectivity index (χ1n) is 7.75. The number of halogens is 1. The lowest BCUT2D eigenvalue weighted by atomic mass is 9.50. The van der Waals surface area contributed by atoms with E-state index in [4.69, 9.17) is 0 Å². The molecule has 0 heterocycles. The van der Waals surface area contributed by atoms with Crippen LogP contribution in [0.3, 0.4) is 0 Å². The summed E-state index contributed by atoms with van der Waals surface area (Å²) in [6.45, 7) is 4.88. The van der Waals surface area contributed by atoms with Gasteiger partial charge in [-0.25, -0.2) is 0 Å². The molecular formula is C16H27BrS. The van der Waals surface area contributed by atoms with Crippen molar-refractivity contribution in [1.82, 2.24) is 0 Å². The molecule has 0 aromatic heterocycles. The highest BCUT2D eigenvalue weighted by Gasteiger charge is 2.52. The topological polar surface area (TPSA) is 0 Å². The zero-order valence-corrected chi connectivity index (χ0v) is 14.3. The predicted molar refractivity (Wildman–Crippen MR) is 85.6 cm³/mol. The summed E-state index contributed by atoms with van der Waals surface area (Å²) in [7, 11) is 0. The maximum absolute atomic E-state index is 4.58. The Morgan fingerprint density at radius 2 is 1.83 bits per heavy atom. The Morgan fingerprint density at radius 1 is 1.17 bits per heavy atom. The maximum atomic E-state index is 4.58. The normalized spacial score (nSPS) is 56.0. The van der Waals surface area contributed by atoms with Crippen molar-refractivity contribution < 1.29 is 0 Å². The minimum absolute atomic E-state index is 0.429. The van der Waals surface area contributed by atoms with Gasteiger partial charge in [0.15, 0.2) is 0 Å². The molecule has 104 valence electrons. The molecule has 3 atom stereocenters. The Balaban J connectivity index is 1.48. The quantitative estimate of drug-likeness (QED) is 0.504. The molecule has 0 N–H and O–H groups in total. The Bertz CT molecular complexity index is 311. The zero-order valence-electron chi connectivity index (χ0n) is 11.8. The van der Waals surface area contributed by atoms with Crippen LogP contribution in [0.4, 0.5) is 0 Å². The molecule has 1 spiro atoms. The molecule has 0 nitrogen and oxygen atoms in total. The first kappa shape index (κ1) is 13.8. The van der Waals surface area contributed by atoms with E-state index in [-0.39, 0.29) is 0 Å². The van der Waals surface area contributed by atoms with Crippen molar-refractivity contribution in [3.05, 3.63) is 0 Å². The largest absolute Gasteiger partial charge is 0.176 e. The van der Waals surface area contributed by atoms with Crippen LogP contribution in [-0.4, -0.2) is 9.57 Å². The van der Waals surface area contributed by atoms with Crippen molar-refractivity contribution in [2.24, 2.45) is 23.2 Å². The fourth-order valence-electron chi connectivity index (χ4n) is 4.96. The third-order valence-electron chi connectivity index (χ3n) is 6.03. The lowest BCUT2D eigenvalue weighted by molar-refractivity contribution is -0.0347. The Hall–Kier alpha value is 0.830. The summed E-state index contributed by atoms with van der Waals surface area (Å²) in [6.07, 6.45) is 11.5. The summed E-state index contributed by atoms with van der Waals surface area (Å²) in [5.41, 5.74) is 0.771. The van der Waals surface area contributed by atoms with Gasteiger partial charge in [0.25, 0.3) is 0 Å². The van der Waals surface area contributed by atoms with Crippen LogP contribution in [0.15, 0.2) is 0 Å². The molecule has 18 heavy (non-hydrogen) atoms. The van der Waals surface area contributed by atoms with Gasteiger partial charge in [0, 0.05) is 9.57 Å². The molecule has 0 aliphatic heterocycles. The van der Waals surface area contributed by atoms with Crippen molar-refractivity contribution in [3.8, 4) is 0 Å². The fraction of sp³-hybridized carbons (Fsp3) is 1.00. The van der Waals surface area contributed by atoms with E-state index in [1.807, 2.05) is 0 Å². The minimum Gasteiger partial charge on any atom is -0.176 e. The van der Waals surface area contributed by atoms with Gasteiger partial charge in [-0.15, -0.1) is 0 Å². The van der Waals surface area contributed by atoms with Gasteiger partial charge in [-0.3, -0.25) is 0 Å². The van der Waals surface area contributed by atoms with Gasteiger partial charge in [-0.1, -0.05) is 22.9 Å². The molecule has 3 rings (SSSR count). The van der Waals surface area contributed by atoms with Crippen LogP contribution >= 0.6 is 28.6 Å². The number of rotatable bonds is 2. The van der Waals surface area contributed by atoms with E-state index in [9.17, 15) is 0 Å². The van der Waals surface area contributed by atoms with Crippen molar-refractivity contribution in [2.75, 3.05) is 0 Å². The number of hydrogen-bond acceptors (Lipinski definition) is 1. The molecule has 2 heteroatoms. The molecule has 0 bridgehead atoms. The van der Waals surface area contributed by atoms with Gasteiger partial charge >= 0.3 is 0 Å². The molecule has 3 unspecified atom stereocenters. The number of hydrogen-bond donors (Lipinski definition) is 1. The lowest BCUT2D eigenvalue weighted by Gasteiger charge is -2.58. The monoisotopic (exact) mass is 330 g/mol. The zero-order chi connectivity index (χ0) is 13.0. The van der Waals surface area contributed by atoms with Crippen molar-refractivity contribution in [3.63, 3.8) is 0 Å². The maximum Gasteiger partial charge on any atom is 0.0232 e. The average molecular weight is 331 g/mol. The molecular weight excluding hydrogens is 304 g/mol. The van der Waals surface area contributed by atoms with Gasteiger partial charge in [-0.2, -0.15) is 12.6 Å². The summed E-state index contributed by atoms with van der Waals surface area (Å²) < 4.78 is 0.429. The second-order valence-corrected chi connectivity index (χ2v) is 10.6. The first-order valence-corrected chi connectivity index (χ1v) is 9.05. The predicted octanol–water partition coefficient (Wildman–Crippen LogP) is 5.45. The third kappa shape index (κ3) is 2.66. The van der Waals surface area contributed by atoms with E-state index in [2.05, 4.69) is 42.4 Å². The van der Waals surface area contributed by atoms with Gasteiger partial charge in [-0.05, 0) is 81.5 Å². The highest BCUT2D eigenvalue weighted by molar-refractivity contribution is 9.10. The van der Waals surface area contributed by atoms with E-state index in [0.717, 1.165) is 28.4 Å². The molecule has 0 amide bonds. The summed E-state index contributed by atoms with van der Waals surface area (Å²) >= 11 is 8.51. The van der Waals surface area contributed by atoms with E-state index >= 15 is 0 Å². The van der Waals surface area contributed by atoms with Crippen LogP contribution < -0.4 is 0 Å². The van der Waals surface area contributed by atoms with Gasteiger partial charge < -0.3 is 0 Å². The highest BCUT2D eigenvalue weighted by Crippen LogP contribution is 2.62. The number of thiol groups is 1. The Labute approximate surface area is 126 Å². The molecule has 3 fully saturated rings. The molecule has 0 saturated heterocycles. The summed E-state index contributed by atoms with van der Waals surface area (Å²) in [5, 5.41) is 0.727. The highest BCUT2D eigenvalue weighted by atomic mass is 79.9. The lowest BCUT2D eigenvalue weighted by Crippen LogP contribution is -2.49. The van der Waals surface area contributed by atoms with Crippen molar-refractivity contribution in [2.45, 2.75) is 74.8 Å². The molecule has 0 aromatic carbocycles. The second-order valence-electron chi connectivity index (χ2n) is 7.97. The summed E-state index contributed by atoms with van der Waals surface area (Å²) in [5.74, 6) is 2.96. The second kappa shape index (κ2) is 4.69. The van der Waals surface area contributed by atoms with Crippen LogP contribution in [0.1, 0.15) is 65.2 Å². The van der Waals surface area contributed by atoms with Crippen molar-refractivity contribution in [1.29, 1.82) is 0 Å². The van der Waals surface area contributed by atoms with Crippen LogP contribution in [0.5, 0.6) is 0 Å². The fourth-order valence-corrected chi connectivity index (χ4v) is 6.38. The third-order valence-corrected chi connectivity index (χ3v) is 7.12. The van der Waals surface area contributed by atoms with E-state index in [0.29, 0.717) is 4.32 Å². The van der Waals surface area contributed by atoms with Crippen LogP contribution in [0, 0.1) is 23.2 Å². The van der Waals surface area contributed by atoms with Gasteiger partial charge in [0.1, 0.15) is 0 Å². The molecule has 0 radical (unpaired) electrons. The van der Waals surface area contributed by atoms with E-state index in [1.165, 1.54) is 51.4 Å². The number of alkyl halides is 1. The van der Waals surface area contributed by atoms with Gasteiger partial charge in [0.2, 0.25) is 0 Å². The summed E-state index contributed by atoms with van der Waals surface area (Å²) in [4.78, 5) is 0. The Morgan fingerprint density at radius 3 is 2.44 bits per heavy atom. The first-order chi connectivity index (χ1) is 8.38. The van der Waals surface area contributed by atoms with Gasteiger partial charge in [0.05, 0.1) is 0 Å². The minimum atomic E-state index is 0.429. The van der Waals surface area contributed by atoms with E-state index < -0.39 is 0 Å². The molecule has 0 aromatic rings. The average Bonchev–Trinajstić information content (AvgIpc) is 2.18. The van der Waals surface area contributed by atoms with Crippen LogP contribution in [0.2, 0.25) is 0 Å². The van der Waals surface area contributed by atoms with E-state index in [1.54, 1.807) is 0 Å².